The van der Waals surface area contributed by atoms with E-state index in [2.05, 4.69) is 5.10 Å². The van der Waals surface area contributed by atoms with E-state index in [1.807, 2.05) is 5.10 Å². The van der Waals surface area contributed by atoms with Gasteiger partial charge in [0.1, 0.15) is 22.0 Å². The van der Waals surface area contributed by atoms with Crippen LogP contribution in [0.1, 0.15) is 5.69 Å². The number of nitrogens with one attached hydrogen (secondary N) is 1. The minimum Gasteiger partial charge on any atom is -0.506 e. The maximum atomic E-state index is 12.2. The Balaban J connectivity index is 0.000000186. The predicted octanol–water partition coefficient (Wildman–Crippen LogP) is 3.80. The van der Waals surface area contributed by atoms with Gasteiger partial charge in [-0.05, 0) is 29.6 Å². The van der Waals surface area contributed by atoms with Gasteiger partial charge < -0.3 is 5.11 Å². The van der Waals surface area contributed by atoms with Crippen LogP contribution in [0.5, 0.6) is 5.75 Å². The largest absolute Gasteiger partial charge is 0.506 e. The van der Waals surface area contributed by atoms with Gasteiger partial charge in [0.15, 0.2) is 0 Å². The molecule has 3 N–H and O–H groups in total. The van der Waals surface area contributed by atoms with Crippen molar-refractivity contribution in [2.75, 3.05) is 0 Å². The van der Waals surface area contributed by atoms with Crippen LogP contribution < -0.4 is 0 Å². The third kappa shape index (κ3) is 5.05. The minimum absolute atomic E-state index is 0.326. The van der Waals surface area contributed by atoms with Gasteiger partial charge in [-0.3, -0.25) is 9.65 Å². The predicted molar refractivity (Wildman–Crippen MR) is 84.8 cm³/mol. The van der Waals surface area contributed by atoms with Crippen LogP contribution in [0.15, 0.2) is 52.7 Å². The standard InChI is InChI=1S/C8H5F3N2S.C6H6O4S/c9-8(10,11)7-4-5(12-13-7)6-2-1-3-14-6;7-5-3-1-2-4-6(5)11(8,9)10/h1-4H,(H,12,13);1-4,7H,(H,8,9,10). The van der Waals surface area contributed by atoms with E-state index in [0.717, 1.165) is 17.0 Å². The molecule has 2 heterocycles. The zero-order chi connectivity index (χ0) is 18.7. The molecule has 0 saturated carbocycles. The summed E-state index contributed by atoms with van der Waals surface area (Å²) in [7, 11) is -4.28. The number of aromatic amines is 1. The Morgan fingerprint density at radius 1 is 1.12 bits per heavy atom. The fourth-order valence-corrected chi connectivity index (χ4v) is 2.96. The van der Waals surface area contributed by atoms with Crippen molar-refractivity contribution in [2.45, 2.75) is 11.1 Å². The first-order valence-corrected chi connectivity index (χ1v) is 8.83. The van der Waals surface area contributed by atoms with Crippen LogP contribution in [0.4, 0.5) is 13.2 Å². The van der Waals surface area contributed by atoms with Gasteiger partial charge in [-0.25, -0.2) is 0 Å². The van der Waals surface area contributed by atoms with Crippen LogP contribution in [0.25, 0.3) is 10.6 Å². The highest BCUT2D eigenvalue weighted by molar-refractivity contribution is 7.86. The van der Waals surface area contributed by atoms with E-state index in [1.165, 1.54) is 29.5 Å². The Kier molecular flexibility index (Phi) is 5.50. The number of aromatic hydroxyl groups is 1. The van der Waals surface area contributed by atoms with E-state index in [9.17, 15) is 21.6 Å². The molecule has 1 aromatic carbocycles. The second-order valence-electron chi connectivity index (χ2n) is 4.58. The highest BCUT2D eigenvalue weighted by Crippen LogP contribution is 2.31. The Labute approximate surface area is 144 Å². The number of aromatic nitrogens is 2. The monoisotopic (exact) mass is 392 g/mol. The van der Waals surface area contributed by atoms with Crippen LogP contribution in [0, 0.1) is 0 Å². The van der Waals surface area contributed by atoms with Crippen molar-refractivity contribution in [1.82, 2.24) is 10.2 Å². The van der Waals surface area contributed by atoms with Gasteiger partial charge in [0.25, 0.3) is 10.1 Å². The average Bonchev–Trinajstić information content (AvgIpc) is 3.18. The second kappa shape index (κ2) is 7.25. The lowest BCUT2D eigenvalue weighted by atomic mass is 10.3. The van der Waals surface area contributed by atoms with E-state index in [-0.39, 0.29) is 0 Å². The molecule has 0 bridgehead atoms. The molecule has 0 aliphatic carbocycles. The summed E-state index contributed by atoms with van der Waals surface area (Å²) >= 11 is 1.35. The van der Waals surface area contributed by atoms with Gasteiger partial charge >= 0.3 is 6.18 Å². The molecule has 0 amide bonds. The van der Waals surface area contributed by atoms with Crippen LogP contribution in [0.3, 0.4) is 0 Å². The van der Waals surface area contributed by atoms with Crippen molar-refractivity contribution in [2.24, 2.45) is 0 Å². The van der Waals surface area contributed by atoms with Gasteiger partial charge in [0, 0.05) is 0 Å². The lowest BCUT2D eigenvalue weighted by Gasteiger charge is -1.99. The average molecular weight is 392 g/mol. The number of thiophene rings is 1. The molecule has 0 atom stereocenters. The van der Waals surface area contributed by atoms with E-state index in [0.29, 0.717) is 5.69 Å². The third-order valence-electron chi connectivity index (χ3n) is 2.80. The fraction of sp³-hybridized carbons (Fsp3) is 0.0714. The van der Waals surface area contributed by atoms with Gasteiger partial charge in [-0.2, -0.15) is 26.7 Å². The van der Waals surface area contributed by atoms with Crippen molar-refractivity contribution in [3.05, 3.63) is 53.5 Å². The van der Waals surface area contributed by atoms with Crippen molar-refractivity contribution in [3.8, 4) is 16.3 Å². The number of phenolic OH excluding ortho intramolecular Hbond substituents is 1. The maximum absolute atomic E-state index is 12.2. The molecule has 0 spiro atoms. The number of nitrogens with zero attached hydrogens (tertiary/aromatic N) is 1. The second-order valence-corrected chi connectivity index (χ2v) is 6.92. The molecule has 0 aliphatic rings. The molecule has 0 radical (unpaired) electrons. The van der Waals surface area contributed by atoms with Gasteiger partial charge in [-0.15, -0.1) is 11.3 Å². The Morgan fingerprint density at radius 2 is 1.80 bits per heavy atom. The van der Waals surface area contributed by atoms with Crippen LogP contribution in [-0.4, -0.2) is 28.3 Å². The van der Waals surface area contributed by atoms with Crippen LogP contribution in [-0.2, 0) is 16.3 Å². The van der Waals surface area contributed by atoms with Crippen LogP contribution in [0.2, 0.25) is 0 Å². The molecular formula is C14H11F3N2O4S2. The van der Waals surface area contributed by atoms with Gasteiger partial charge in [0.2, 0.25) is 0 Å². The number of rotatable bonds is 2. The summed E-state index contributed by atoms with van der Waals surface area (Å²) in [5.41, 5.74) is -0.492. The molecule has 0 aliphatic heterocycles. The van der Waals surface area contributed by atoms with Gasteiger partial charge in [0.05, 0.1) is 4.88 Å². The number of hydrogen-bond donors (Lipinski definition) is 3. The number of hydrogen-bond acceptors (Lipinski definition) is 5. The number of phenols is 1. The van der Waals surface area contributed by atoms with E-state index in [1.54, 1.807) is 17.5 Å². The van der Waals surface area contributed by atoms with E-state index < -0.39 is 32.6 Å². The number of benzene rings is 1. The molecule has 25 heavy (non-hydrogen) atoms. The molecule has 0 saturated heterocycles. The Morgan fingerprint density at radius 3 is 2.24 bits per heavy atom. The molecule has 3 aromatic rings. The molecule has 6 nitrogen and oxygen atoms in total. The summed E-state index contributed by atoms with van der Waals surface area (Å²) in [6, 6.07) is 9.66. The molecule has 0 fully saturated rings. The van der Waals surface area contributed by atoms with E-state index in [4.69, 9.17) is 9.66 Å². The van der Waals surface area contributed by atoms with Crippen molar-refractivity contribution in [1.29, 1.82) is 0 Å². The topological polar surface area (TPSA) is 103 Å². The lowest BCUT2D eigenvalue weighted by molar-refractivity contribution is -0.141. The fourth-order valence-electron chi connectivity index (χ4n) is 1.69. The first-order chi connectivity index (χ1) is 11.6. The number of para-hydroxylation sites is 1. The lowest BCUT2D eigenvalue weighted by Crippen LogP contribution is -2.04. The Hall–Kier alpha value is -2.37. The first kappa shape index (κ1) is 19.0. The highest BCUT2D eigenvalue weighted by Gasteiger charge is 2.33. The zero-order valence-electron chi connectivity index (χ0n) is 12.2. The Bertz CT molecular complexity index is 935. The SMILES string of the molecule is FC(F)(F)c1cc(-c2cccs2)n[nH]1.O=S(=O)(O)c1ccccc1O. The van der Waals surface area contributed by atoms with Crippen molar-refractivity contribution >= 4 is 21.5 Å². The summed E-state index contributed by atoms with van der Waals surface area (Å²) in [5.74, 6) is -0.449. The number of halogens is 3. The quantitative estimate of drug-likeness (QED) is 0.576. The van der Waals surface area contributed by atoms with Crippen molar-refractivity contribution in [3.63, 3.8) is 0 Å². The zero-order valence-corrected chi connectivity index (χ0v) is 13.9. The summed E-state index contributed by atoms with van der Waals surface area (Å²) in [5, 5.41) is 16.3. The third-order valence-corrected chi connectivity index (χ3v) is 4.59. The van der Waals surface area contributed by atoms with Crippen molar-refractivity contribution < 1.29 is 31.2 Å². The highest BCUT2D eigenvalue weighted by atomic mass is 32.2. The molecule has 3 rings (SSSR count). The molecule has 0 unspecified atom stereocenters. The molecule has 11 heteroatoms. The summed E-state index contributed by atoms with van der Waals surface area (Å²) in [4.78, 5) is 0.247. The molecular weight excluding hydrogens is 381 g/mol. The van der Waals surface area contributed by atoms with Gasteiger partial charge in [-0.1, -0.05) is 18.2 Å². The number of alkyl halides is 3. The minimum atomic E-state index is -4.36. The normalized spacial score (nSPS) is 11.7. The number of H-pyrrole nitrogens is 1. The summed E-state index contributed by atoms with van der Waals surface area (Å²) in [6.45, 7) is 0. The first-order valence-electron chi connectivity index (χ1n) is 6.51. The summed E-state index contributed by atoms with van der Waals surface area (Å²) < 4.78 is 65.9. The summed E-state index contributed by atoms with van der Waals surface area (Å²) in [6.07, 6.45) is -4.36. The maximum Gasteiger partial charge on any atom is 0.432 e. The smallest absolute Gasteiger partial charge is 0.432 e. The van der Waals surface area contributed by atoms with Crippen LogP contribution >= 0.6 is 11.3 Å². The van der Waals surface area contributed by atoms with E-state index >= 15 is 0 Å². The molecule has 2 aromatic heterocycles. The molecule has 134 valence electrons.